The van der Waals surface area contributed by atoms with Crippen LogP contribution in [0.1, 0.15) is 25.7 Å². The van der Waals surface area contributed by atoms with Gasteiger partial charge in [0.1, 0.15) is 15.4 Å². The number of benzene rings is 2. The Labute approximate surface area is 201 Å². The molecule has 0 fully saturated rings. The van der Waals surface area contributed by atoms with Crippen LogP contribution < -0.4 is 11.1 Å². The van der Waals surface area contributed by atoms with Crippen molar-refractivity contribution in [3.63, 3.8) is 0 Å². The number of pyridine rings is 1. The average Bonchev–Trinajstić information content (AvgIpc) is 3.53. The zero-order valence-corrected chi connectivity index (χ0v) is 19.3. The van der Waals surface area contributed by atoms with Crippen LogP contribution in [-0.2, 0) is 0 Å². The van der Waals surface area contributed by atoms with Gasteiger partial charge in [-0.15, -0.1) is 22.7 Å². The first-order chi connectivity index (χ1) is 16.0. The molecule has 5 nitrogen and oxygen atoms in total. The first-order valence-corrected chi connectivity index (χ1v) is 12.1. The predicted octanol–water partition coefficient (Wildman–Crippen LogP) is 6.72. The minimum absolute atomic E-state index is 0.112. The Hall–Kier alpha value is -3.52. The number of carbonyl (C=O) groups is 2. The van der Waals surface area contributed by atoms with Crippen molar-refractivity contribution in [3.05, 3.63) is 87.2 Å². The van der Waals surface area contributed by atoms with E-state index in [-0.39, 0.29) is 11.7 Å². The second kappa shape index (κ2) is 7.52. The van der Waals surface area contributed by atoms with Crippen molar-refractivity contribution in [3.8, 4) is 21.6 Å². The van der Waals surface area contributed by atoms with Crippen LogP contribution in [0.2, 0.25) is 5.02 Å². The van der Waals surface area contributed by atoms with Gasteiger partial charge < -0.3 is 11.1 Å². The third kappa shape index (κ3) is 3.08. The van der Waals surface area contributed by atoms with E-state index in [1.165, 1.54) is 11.3 Å². The number of amides is 1. The highest BCUT2D eigenvalue weighted by Gasteiger charge is 2.34. The third-order valence-corrected chi connectivity index (χ3v) is 7.85. The lowest BCUT2D eigenvalue weighted by Crippen LogP contribution is -2.11. The molecule has 2 aromatic carbocycles. The molecule has 0 radical (unpaired) electrons. The molecule has 33 heavy (non-hydrogen) atoms. The number of ketones is 1. The number of rotatable bonds is 3. The summed E-state index contributed by atoms with van der Waals surface area (Å²) in [5.41, 5.74) is 11.1. The molecule has 0 unspecified atom stereocenters. The van der Waals surface area contributed by atoms with E-state index in [0.29, 0.717) is 42.7 Å². The predicted molar refractivity (Wildman–Crippen MR) is 136 cm³/mol. The molecule has 0 bridgehead atoms. The topological polar surface area (TPSA) is 85.1 Å². The maximum absolute atomic E-state index is 13.2. The van der Waals surface area contributed by atoms with Gasteiger partial charge in [-0.2, -0.15) is 0 Å². The van der Waals surface area contributed by atoms with Crippen LogP contribution in [0.25, 0.3) is 31.8 Å². The first-order valence-electron chi connectivity index (χ1n) is 10.0. The first kappa shape index (κ1) is 20.1. The molecule has 1 aliphatic rings. The molecule has 3 N–H and O–H groups in total. The van der Waals surface area contributed by atoms with Gasteiger partial charge in [0.15, 0.2) is 0 Å². The summed E-state index contributed by atoms with van der Waals surface area (Å²) in [5.74, 6) is -0.443. The van der Waals surface area contributed by atoms with Gasteiger partial charge in [0.25, 0.3) is 5.91 Å². The van der Waals surface area contributed by atoms with Crippen molar-refractivity contribution in [2.75, 3.05) is 11.1 Å². The Bertz CT molecular complexity index is 1590. The van der Waals surface area contributed by atoms with E-state index < -0.39 is 0 Å². The number of anilines is 2. The number of aromatic nitrogens is 1. The normalized spacial score (nSPS) is 12.1. The minimum atomic E-state index is -0.332. The number of nitrogens with one attached hydrogen (secondary N) is 1. The van der Waals surface area contributed by atoms with Gasteiger partial charge in [-0.05, 0) is 41.3 Å². The molecular weight excluding hydrogens is 474 g/mol. The highest BCUT2D eigenvalue weighted by atomic mass is 35.5. The van der Waals surface area contributed by atoms with E-state index in [1.54, 1.807) is 35.6 Å². The summed E-state index contributed by atoms with van der Waals surface area (Å²) in [6.07, 6.45) is 0. The zero-order chi connectivity index (χ0) is 22.7. The molecule has 160 valence electrons. The van der Waals surface area contributed by atoms with Crippen LogP contribution in [0.4, 0.5) is 11.4 Å². The molecule has 0 saturated heterocycles. The SMILES string of the molecule is Nc1c(C(=O)Nc2ccc(Cl)cc2)sc2nc3c(c(-c4cccs4)c12)-c1ccccc1C3=O. The fraction of sp³-hybridized carbons (Fsp3) is 0. The largest absolute Gasteiger partial charge is 0.397 e. The quantitative estimate of drug-likeness (QED) is 0.290. The second-order valence-corrected chi connectivity index (χ2v) is 9.93. The molecular formula is C25H14ClN3O2S2. The number of hydrogen-bond acceptors (Lipinski definition) is 6. The number of nitrogen functional groups attached to an aromatic ring is 1. The summed E-state index contributed by atoms with van der Waals surface area (Å²) < 4.78 is 0. The minimum Gasteiger partial charge on any atom is -0.397 e. The maximum Gasteiger partial charge on any atom is 0.267 e. The van der Waals surface area contributed by atoms with Crippen LogP contribution in [0.5, 0.6) is 0 Å². The Morgan fingerprint density at radius 2 is 1.73 bits per heavy atom. The Morgan fingerprint density at radius 3 is 2.45 bits per heavy atom. The summed E-state index contributed by atoms with van der Waals surface area (Å²) in [7, 11) is 0. The van der Waals surface area contributed by atoms with Gasteiger partial charge in [0.05, 0.1) is 5.69 Å². The molecule has 0 spiro atoms. The van der Waals surface area contributed by atoms with Crippen molar-refractivity contribution < 1.29 is 9.59 Å². The third-order valence-electron chi connectivity index (χ3n) is 5.61. The summed E-state index contributed by atoms with van der Waals surface area (Å²) in [6.45, 7) is 0. The van der Waals surface area contributed by atoms with E-state index in [2.05, 4.69) is 5.32 Å². The van der Waals surface area contributed by atoms with Gasteiger partial charge in [0, 0.05) is 37.7 Å². The molecule has 5 aromatic rings. The molecule has 3 heterocycles. The van der Waals surface area contributed by atoms with Gasteiger partial charge >= 0.3 is 0 Å². The lowest BCUT2D eigenvalue weighted by atomic mass is 9.97. The highest BCUT2D eigenvalue weighted by molar-refractivity contribution is 7.21. The number of halogens is 1. The fourth-order valence-corrected chi connectivity index (χ4v) is 6.07. The lowest BCUT2D eigenvalue weighted by Gasteiger charge is -2.10. The van der Waals surface area contributed by atoms with E-state index in [1.807, 2.05) is 41.8 Å². The van der Waals surface area contributed by atoms with Gasteiger partial charge in [0.2, 0.25) is 5.78 Å². The molecule has 0 atom stereocenters. The summed E-state index contributed by atoms with van der Waals surface area (Å²) >= 11 is 8.69. The van der Waals surface area contributed by atoms with Gasteiger partial charge in [-0.25, -0.2) is 4.98 Å². The zero-order valence-electron chi connectivity index (χ0n) is 16.9. The van der Waals surface area contributed by atoms with E-state index in [0.717, 1.165) is 21.6 Å². The molecule has 0 saturated carbocycles. The maximum atomic E-state index is 13.2. The lowest BCUT2D eigenvalue weighted by molar-refractivity contribution is 0.102. The smallest absolute Gasteiger partial charge is 0.267 e. The Kier molecular flexibility index (Phi) is 4.58. The molecule has 8 heteroatoms. The summed E-state index contributed by atoms with van der Waals surface area (Å²) in [4.78, 5) is 32.9. The van der Waals surface area contributed by atoms with Crippen molar-refractivity contribution in [2.45, 2.75) is 0 Å². The van der Waals surface area contributed by atoms with Crippen LogP contribution in [0, 0.1) is 0 Å². The number of thiophene rings is 2. The van der Waals surface area contributed by atoms with E-state index in [9.17, 15) is 9.59 Å². The van der Waals surface area contributed by atoms with Crippen molar-refractivity contribution in [2.24, 2.45) is 0 Å². The summed E-state index contributed by atoms with van der Waals surface area (Å²) in [5, 5.41) is 6.13. The fourth-order valence-electron chi connectivity index (χ4n) is 4.16. The van der Waals surface area contributed by atoms with E-state index in [4.69, 9.17) is 22.3 Å². The van der Waals surface area contributed by atoms with Crippen molar-refractivity contribution in [1.29, 1.82) is 0 Å². The standard InChI is InChI=1S/C25H14ClN3O2S2/c26-12-7-9-13(10-8-12)28-24(31)23-20(27)19-18(16-6-3-11-32-16)17-14-4-1-2-5-15(14)22(30)21(17)29-25(19)33-23/h1-11H,27H2,(H,28,31). The molecule has 1 amide bonds. The summed E-state index contributed by atoms with van der Waals surface area (Å²) in [6, 6.07) is 18.3. The van der Waals surface area contributed by atoms with Gasteiger partial charge in [-0.3, -0.25) is 9.59 Å². The average molecular weight is 488 g/mol. The molecule has 6 rings (SSSR count). The van der Waals surface area contributed by atoms with Crippen LogP contribution in [-0.4, -0.2) is 16.7 Å². The molecule has 0 aliphatic heterocycles. The Morgan fingerprint density at radius 1 is 0.970 bits per heavy atom. The second-order valence-electron chi connectivity index (χ2n) is 7.55. The van der Waals surface area contributed by atoms with Gasteiger partial charge in [-0.1, -0.05) is 41.9 Å². The van der Waals surface area contributed by atoms with Crippen LogP contribution in [0.15, 0.2) is 66.0 Å². The number of nitrogens with two attached hydrogens (primary N) is 1. The van der Waals surface area contributed by atoms with Crippen molar-refractivity contribution >= 4 is 67.6 Å². The van der Waals surface area contributed by atoms with Crippen LogP contribution >= 0.6 is 34.3 Å². The number of nitrogens with zero attached hydrogens (tertiary/aromatic N) is 1. The molecule has 1 aliphatic carbocycles. The number of carbonyl (C=O) groups excluding carboxylic acids is 2. The highest BCUT2D eigenvalue weighted by Crippen LogP contribution is 2.50. The molecule has 3 aromatic heterocycles. The number of fused-ring (bicyclic) bond motifs is 4. The monoisotopic (exact) mass is 487 g/mol. The number of hydrogen-bond donors (Lipinski definition) is 2. The van der Waals surface area contributed by atoms with Crippen molar-refractivity contribution in [1.82, 2.24) is 4.98 Å². The Balaban J connectivity index is 1.58. The van der Waals surface area contributed by atoms with E-state index >= 15 is 0 Å². The van der Waals surface area contributed by atoms with Crippen LogP contribution in [0.3, 0.4) is 0 Å².